The summed E-state index contributed by atoms with van der Waals surface area (Å²) in [6.07, 6.45) is 6.69. The van der Waals surface area contributed by atoms with E-state index in [1.807, 2.05) is 0 Å². The Morgan fingerprint density at radius 1 is 0.857 bits per heavy atom. The van der Waals surface area contributed by atoms with E-state index in [-0.39, 0.29) is 6.04 Å². The van der Waals surface area contributed by atoms with E-state index in [1.165, 1.54) is 11.1 Å². The lowest BCUT2D eigenvalue weighted by molar-refractivity contribution is 0.100. The van der Waals surface area contributed by atoms with E-state index < -0.39 is 0 Å². The zero-order valence-corrected chi connectivity index (χ0v) is 20.8. The van der Waals surface area contributed by atoms with Crippen LogP contribution in [0.3, 0.4) is 0 Å². The van der Waals surface area contributed by atoms with Crippen molar-refractivity contribution >= 4 is 6.08 Å². The second kappa shape index (κ2) is 11.7. The molecule has 0 unspecified atom stereocenters. The fraction of sp³-hybridized carbons (Fsp3) is 0.464. The van der Waals surface area contributed by atoms with Crippen LogP contribution in [0.2, 0.25) is 0 Å². The monoisotopic (exact) mass is 471 g/mol. The second-order valence-corrected chi connectivity index (χ2v) is 9.80. The minimum Gasteiger partial charge on any atom is -0.299 e. The molecule has 2 saturated heterocycles. The minimum atomic E-state index is 0.231. The molecule has 0 bridgehead atoms. The average Bonchev–Trinajstić information content (AvgIpc) is 3.40. The van der Waals surface area contributed by atoms with Gasteiger partial charge in [-0.3, -0.25) is 14.7 Å². The summed E-state index contributed by atoms with van der Waals surface area (Å²) in [6, 6.07) is 21.9. The Morgan fingerprint density at radius 3 is 2.26 bits per heavy atom. The van der Waals surface area contributed by atoms with Crippen LogP contribution in [0.1, 0.15) is 48.8 Å². The quantitative estimate of drug-likeness (QED) is 0.497. The number of benzene rings is 2. The van der Waals surface area contributed by atoms with Gasteiger partial charge in [0, 0.05) is 52.4 Å². The summed E-state index contributed by atoms with van der Waals surface area (Å²) < 4.78 is 2.12. The third-order valence-electron chi connectivity index (χ3n) is 7.47. The minimum absolute atomic E-state index is 0.231. The van der Waals surface area contributed by atoms with Gasteiger partial charge in [-0.05, 0) is 41.3 Å². The van der Waals surface area contributed by atoms with Gasteiger partial charge in [-0.15, -0.1) is 5.10 Å². The molecule has 0 aliphatic carbocycles. The van der Waals surface area contributed by atoms with Gasteiger partial charge in [0.2, 0.25) is 0 Å². The van der Waals surface area contributed by atoms with Gasteiger partial charge in [-0.1, -0.05) is 72.8 Å². The van der Waals surface area contributed by atoms with Crippen molar-refractivity contribution in [3.8, 4) is 0 Å². The van der Waals surface area contributed by atoms with Gasteiger partial charge in [0.25, 0.3) is 0 Å². The molecule has 1 aromatic heterocycles. The van der Waals surface area contributed by atoms with E-state index in [9.17, 15) is 0 Å². The third kappa shape index (κ3) is 6.23. The van der Waals surface area contributed by atoms with Gasteiger partial charge >= 0.3 is 0 Å². The maximum atomic E-state index is 4.48. The Morgan fingerprint density at radius 2 is 1.54 bits per heavy atom. The molecule has 0 spiro atoms. The molecule has 0 N–H and O–H groups in total. The number of piperazine rings is 1. The number of nitrogens with zero attached hydrogens (tertiary/aromatic N) is 7. The van der Waals surface area contributed by atoms with E-state index >= 15 is 0 Å². The van der Waals surface area contributed by atoms with Crippen molar-refractivity contribution < 1.29 is 0 Å². The van der Waals surface area contributed by atoms with Crippen LogP contribution < -0.4 is 0 Å². The van der Waals surface area contributed by atoms with E-state index in [4.69, 9.17) is 0 Å². The van der Waals surface area contributed by atoms with Gasteiger partial charge in [-0.2, -0.15) is 0 Å². The Bertz CT molecular complexity index is 1050. The highest BCUT2D eigenvalue weighted by molar-refractivity contribution is 5.48. The summed E-state index contributed by atoms with van der Waals surface area (Å²) in [4.78, 5) is 7.60. The molecule has 2 aliphatic rings. The normalized spacial score (nSPS) is 19.9. The first-order chi connectivity index (χ1) is 17.3. The van der Waals surface area contributed by atoms with Gasteiger partial charge in [0.05, 0.1) is 12.1 Å². The van der Waals surface area contributed by atoms with Crippen LogP contribution in [0.5, 0.6) is 0 Å². The number of hydrogen-bond acceptors (Lipinski definition) is 6. The van der Waals surface area contributed by atoms with Crippen LogP contribution >= 0.6 is 0 Å². The van der Waals surface area contributed by atoms with Crippen LogP contribution in [0.4, 0.5) is 0 Å². The number of hydrogen-bond donors (Lipinski definition) is 0. The molecule has 7 heteroatoms. The average molecular weight is 472 g/mol. The molecule has 0 amide bonds. The number of rotatable bonds is 8. The van der Waals surface area contributed by atoms with Crippen molar-refractivity contribution in [3.05, 3.63) is 83.7 Å². The van der Waals surface area contributed by atoms with Crippen molar-refractivity contribution in [1.82, 2.24) is 34.9 Å². The predicted molar refractivity (Wildman–Crippen MR) is 140 cm³/mol. The molecule has 35 heavy (non-hydrogen) atoms. The Labute approximate surface area is 209 Å². The van der Waals surface area contributed by atoms with Gasteiger partial charge in [-0.25, -0.2) is 4.68 Å². The first kappa shape index (κ1) is 23.9. The van der Waals surface area contributed by atoms with Crippen molar-refractivity contribution in [2.24, 2.45) is 0 Å². The van der Waals surface area contributed by atoms with Crippen LogP contribution in [-0.2, 0) is 6.54 Å². The lowest BCUT2D eigenvalue weighted by Gasteiger charge is -2.38. The first-order valence-corrected chi connectivity index (χ1v) is 13.0. The molecule has 184 valence electrons. The highest BCUT2D eigenvalue weighted by atomic mass is 15.6. The predicted octanol–water partition coefficient (Wildman–Crippen LogP) is 3.90. The number of piperidine rings is 1. The molecule has 7 nitrogen and oxygen atoms in total. The van der Waals surface area contributed by atoms with E-state index in [0.29, 0.717) is 6.04 Å². The summed E-state index contributed by atoms with van der Waals surface area (Å²) in [5.74, 6) is 1.02. The third-order valence-corrected chi connectivity index (χ3v) is 7.47. The SMILES string of the molecule is C[C@@H](c1nnnn1C1CCN(Cc2ccccc2)CC1)N1CCN(C/C=C/c2ccccc2)CC1. The Kier molecular flexibility index (Phi) is 7.98. The Hall–Kier alpha value is -2.87. The molecule has 3 heterocycles. The standard InChI is InChI=1S/C28H37N7/c1-24(34-21-19-32(20-22-34)16-8-13-25-9-4-2-5-10-25)28-29-30-31-35(28)27-14-17-33(18-15-27)23-26-11-6-3-7-12-26/h2-13,24,27H,14-23H2,1H3/b13-8+/t24-/m0/s1. The molecule has 0 radical (unpaired) electrons. The summed E-state index contributed by atoms with van der Waals surface area (Å²) >= 11 is 0. The van der Waals surface area contributed by atoms with Gasteiger partial charge in [0.1, 0.15) is 0 Å². The van der Waals surface area contributed by atoms with Crippen molar-refractivity contribution in [1.29, 1.82) is 0 Å². The summed E-state index contributed by atoms with van der Waals surface area (Å²) in [5, 5.41) is 13.0. The van der Waals surface area contributed by atoms with Gasteiger partial charge in [0.15, 0.2) is 5.82 Å². The first-order valence-electron chi connectivity index (χ1n) is 13.0. The van der Waals surface area contributed by atoms with Crippen LogP contribution in [0.15, 0.2) is 66.7 Å². The lowest BCUT2D eigenvalue weighted by Crippen LogP contribution is -2.47. The molecule has 2 aromatic carbocycles. The fourth-order valence-electron chi connectivity index (χ4n) is 5.30. The fourth-order valence-corrected chi connectivity index (χ4v) is 5.30. The smallest absolute Gasteiger partial charge is 0.168 e. The Balaban J connectivity index is 1.10. The number of aromatic nitrogens is 4. The van der Waals surface area contributed by atoms with E-state index in [2.05, 4.69) is 115 Å². The molecular formula is C28H37N7. The largest absolute Gasteiger partial charge is 0.299 e. The topological polar surface area (TPSA) is 53.3 Å². The maximum Gasteiger partial charge on any atom is 0.168 e. The van der Waals surface area contributed by atoms with Crippen molar-refractivity contribution in [3.63, 3.8) is 0 Å². The molecule has 0 saturated carbocycles. The summed E-state index contributed by atoms with van der Waals surface area (Å²) in [7, 11) is 0. The van der Waals surface area contributed by atoms with Gasteiger partial charge < -0.3 is 0 Å². The van der Waals surface area contributed by atoms with Crippen LogP contribution in [-0.4, -0.2) is 80.7 Å². The lowest BCUT2D eigenvalue weighted by atomic mass is 10.0. The van der Waals surface area contributed by atoms with E-state index in [0.717, 1.165) is 71.0 Å². The number of tetrazole rings is 1. The molecule has 2 fully saturated rings. The molecule has 1 atom stereocenters. The zero-order valence-electron chi connectivity index (χ0n) is 20.8. The highest BCUT2D eigenvalue weighted by Gasteiger charge is 2.29. The molecule has 3 aromatic rings. The van der Waals surface area contributed by atoms with Crippen molar-refractivity contribution in [2.75, 3.05) is 45.8 Å². The maximum absolute atomic E-state index is 4.48. The second-order valence-electron chi connectivity index (χ2n) is 9.80. The zero-order chi connectivity index (χ0) is 23.9. The number of likely N-dealkylation sites (tertiary alicyclic amines) is 1. The highest BCUT2D eigenvalue weighted by Crippen LogP contribution is 2.27. The molecule has 5 rings (SSSR count). The summed E-state index contributed by atoms with van der Waals surface area (Å²) in [5.41, 5.74) is 2.65. The van der Waals surface area contributed by atoms with Crippen LogP contribution in [0.25, 0.3) is 6.08 Å². The summed E-state index contributed by atoms with van der Waals surface area (Å²) in [6.45, 7) is 10.7. The van der Waals surface area contributed by atoms with E-state index in [1.54, 1.807) is 0 Å². The molecular weight excluding hydrogens is 434 g/mol. The molecule has 2 aliphatic heterocycles. The van der Waals surface area contributed by atoms with Crippen molar-refractivity contribution in [2.45, 2.75) is 38.4 Å². The van der Waals surface area contributed by atoms with Crippen LogP contribution in [0, 0.1) is 0 Å².